The number of benzene rings is 4. The number of hydrazone groups is 1. The predicted octanol–water partition coefficient (Wildman–Crippen LogP) is 6.67. The highest BCUT2D eigenvalue weighted by Crippen LogP contribution is 2.23. The van der Waals surface area contributed by atoms with Crippen molar-refractivity contribution in [1.82, 2.24) is 5.43 Å². The number of carbonyl (C=O) groups excluding carboxylic acids is 2. The van der Waals surface area contributed by atoms with Crippen LogP contribution in [0.1, 0.15) is 42.6 Å². The number of esters is 1. The summed E-state index contributed by atoms with van der Waals surface area (Å²) in [7, 11) is 0. The lowest BCUT2D eigenvalue weighted by atomic mass is 10.1. The molecule has 1 amide bonds. The maximum absolute atomic E-state index is 12.4. The molecule has 1 atom stereocenters. The Labute approximate surface area is 234 Å². The third-order valence-corrected chi connectivity index (χ3v) is 5.98. The third-order valence-electron chi connectivity index (χ3n) is 5.98. The topological polar surface area (TPSA) is 86.2 Å². The fraction of sp³-hybridized carbons (Fsp3) is 0.182. The molecule has 0 aliphatic rings. The van der Waals surface area contributed by atoms with Gasteiger partial charge in [0.2, 0.25) is 0 Å². The second-order valence-corrected chi connectivity index (χ2v) is 9.07. The van der Waals surface area contributed by atoms with Gasteiger partial charge in [-0.15, -0.1) is 0 Å². The highest BCUT2D eigenvalue weighted by Gasteiger charge is 2.14. The first-order chi connectivity index (χ1) is 19.5. The van der Waals surface area contributed by atoms with Crippen molar-refractivity contribution >= 4 is 18.1 Å². The normalized spacial score (nSPS) is 11.6. The molecule has 0 saturated carbocycles. The molecule has 7 heteroatoms. The molecule has 1 N–H and O–H groups in total. The Bertz CT molecular complexity index is 1400. The molecular weight excluding hydrogens is 504 g/mol. The molecule has 0 aliphatic heterocycles. The van der Waals surface area contributed by atoms with Crippen LogP contribution in [0.25, 0.3) is 11.1 Å². The molecular formula is C33H32N2O5. The second kappa shape index (κ2) is 14.3. The van der Waals surface area contributed by atoms with Gasteiger partial charge >= 0.3 is 5.97 Å². The van der Waals surface area contributed by atoms with Crippen LogP contribution in [-0.2, 0) is 4.79 Å². The Morgan fingerprint density at radius 3 is 2.10 bits per heavy atom. The summed E-state index contributed by atoms with van der Waals surface area (Å²) < 4.78 is 16.8. The van der Waals surface area contributed by atoms with Crippen molar-refractivity contribution in [2.75, 3.05) is 6.61 Å². The van der Waals surface area contributed by atoms with Crippen molar-refractivity contribution in [3.05, 3.63) is 114 Å². The Morgan fingerprint density at radius 1 is 0.800 bits per heavy atom. The molecule has 4 aromatic carbocycles. The lowest BCUT2D eigenvalue weighted by Gasteiger charge is -2.13. The van der Waals surface area contributed by atoms with E-state index in [4.69, 9.17) is 14.2 Å². The fourth-order valence-corrected chi connectivity index (χ4v) is 3.69. The zero-order valence-corrected chi connectivity index (χ0v) is 22.6. The lowest BCUT2D eigenvalue weighted by molar-refractivity contribution is -0.127. The zero-order valence-electron chi connectivity index (χ0n) is 22.6. The van der Waals surface area contributed by atoms with Gasteiger partial charge in [0.15, 0.2) is 6.10 Å². The van der Waals surface area contributed by atoms with Crippen molar-refractivity contribution in [3.8, 4) is 28.4 Å². The standard InChI is InChI=1S/C33H32N2O5/c1-3-4-22-38-29-18-14-28(15-19-29)33(37)40-31-16-10-25(11-17-31)23-34-35-32(36)24(2)39-30-20-12-27(13-21-30)26-8-6-5-7-9-26/h5-21,23-24H,3-4,22H2,1-2H3,(H,35,36)/b34-23-/t24-/m1/s1. The molecule has 0 spiro atoms. The summed E-state index contributed by atoms with van der Waals surface area (Å²) in [6.07, 6.45) is 2.80. The van der Waals surface area contributed by atoms with E-state index in [1.165, 1.54) is 6.21 Å². The molecule has 0 unspecified atom stereocenters. The van der Waals surface area contributed by atoms with Crippen LogP contribution in [0.15, 0.2) is 108 Å². The second-order valence-electron chi connectivity index (χ2n) is 9.07. The van der Waals surface area contributed by atoms with Crippen molar-refractivity contribution in [2.24, 2.45) is 5.10 Å². The van der Waals surface area contributed by atoms with E-state index in [-0.39, 0.29) is 5.91 Å². The van der Waals surface area contributed by atoms with Crippen LogP contribution in [0.2, 0.25) is 0 Å². The average molecular weight is 537 g/mol. The van der Waals surface area contributed by atoms with Gasteiger partial charge in [-0.3, -0.25) is 4.79 Å². The maximum Gasteiger partial charge on any atom is 0.343 e. The van der Waals surface area contributed by atoms with Gasteiger partial charge in [0.05, 0.1) is 18.4 Å². The van der Waals surface area contributed by atoms with E-state index in [0.29, 0.717) is 23.7 Å². The maximum atomic E-state index is 12.4. The van der Waals surface area contributed by atoms with Crippen LogP contribution < -0.4 is 19.6 Å². The SMILES string of the molecule is CCCCOc1ccc(C(=O)Oc2ccc(/C=N\NC(=O)[C@@H](C)Oc3ccc(-c4ccccc4)cc3)cc2)cc1. The van der Waals surface area contributed by atoms with Crippen LogP contribution in [0, 0.1) is 0 Å². The van der Waals surface area contributed by atoms with Gasteiger partial charge < -0.3 is 14.2 Å². The molecule has 4 rings (SSSR count). The van der Waals surface area contributed by atoms with E-state index in [1.807, 2.05) is 54.6 Å². The number of unbranched alkanes of at least 4 members (excludes halogenated alkanes) is 1. The molecule has 40 heavy (non-hydrogen) atoms. The summed E-state index contributed by atoms with van der Waals surface area (Å²) in [5.74, 6) is 0.870. The first-order valence-electron chi connectivity index (χ1n) is 13.2. The smallest absolute Gasteiger partial charge is 0.343 e. The van der Waals surface area contributed by atoms with Gasteiger partial charge in [-0.2, -0.15) is 5.10 Å². The Kier molecular flexibility index (Phi) is 10.0. The van der Waals surface area contributed by atoms with E-state index >= 15 is 0 Å². The highest BCUT2D eigenvalue weighted by molar-refractivity contribution is 5.91. The molecule has 0 bridgehead atoms. The summed E-state index contributed by atoms with van der Waals surface area (Å²) in [6.45, 7) is 4.41. The molecule has 0 aromatic heterocycles. The first-order valence-corrected chi connectivity index (χ1v) is 13.2. The Morgan fingerprint density at radius 2 is 1.43 bits per heavy atom. The number of carbonyl (C=O) groups is 2. The Balaban J connectivity index is 1.22. The van der Waals surface area contributed by atoms with Gasteiger partial charge in [0, 0.05) is 0 Å². The number of hydrogen-bond acceptors (Lipinski definition) is 6. The van der Waals surface area contributed by atoms with E-state index in [1.54, 1.807) is 55.5 Å². The van der Waals surface area contributed by atoms with Crippen molar-refractivity contribution < 1.29 is 23.8 Å². The minimum absolute atomic E-state index is 0.379. The van der Waals surface area contributed by atoms with Gasteiger partial charge in [0.1, 0.15) is 17.2 Å². The predicted molar refractivity (Wildman–Crippen MR) is 156 cm³/mol. The van der Waals surface area contributed by atoms with E-state index in [9.17, 15) is 9.59 Å². The van der Waals surface area contributed by atoms with Crippen molar-refractivity contribution in [3.63, 3.8) is 0 Å². The van der Waals surface area contributed by atoms with Crippen molar-refractivity contribution in [2.45, 2.75) is 32.8 Å². The van der Waals surface area contributed by atoms with Crippen LogP contribution >= 0.6 is 0 Å². The fourth-order valence-electron chi connectivity index (χ4n) is 3.69. The Hall–Kier alpha value is -4.91. The number of nitrogens with one attached hydrogen (secondary N) is 1. The first kappa shape index (κ1) is 28.1. The van der Waals surface area contributed by atoms with E-state index in [0.717, 1.165) is 35.3 Å². The van der Waals surface area contributed by atoms with Gasteiger partial charge in [-0.1, -0.05) is 55.8 Å². The minimum Gasteiger partial charge on any atom is -0.494 e. The quantitative estimate of drug-likeness (QED) is 0.0719. The molecule has 204 valence electrons. The highest BCUT2D eigenvalue weighted by atomic mass is 16.5. The van der Waals surface area contributed by atoms with E-state index < -0.39 is 12.1 Å². The van der Waals surface area contributed by atoms with Gasteiger partial charge in [-0.25, -0.2) is 10.2 Å². The number of nitrogens with zero attached hydrogens (tertiary/aromatic N) is 1. The average Bonchev–Trinajstić information content (AvgIpc) is 2.99. The van der Waals surface area contributed by atoms with Gasteiger partial charge in [0.25, 0.3) is 5.91 Å². The molecule has 0 fully saturated rings. The number of rotatable bonds is 12. The van der Waals surface area contributed by atoms with Crippen LogP contribution in [0.3, 0.4) is 0 Å². The van der Waals surface area contributed by atoms with Crippen LogP contribution in [0.4, 0.5) is 0 Å². The number of ether oxygens (including phenoxy) is 3. The van der Waals surface area contributed by atoms with Gasteiger partial charge in [-0.05, 0) is 90.7 Å². The third kappa shape index (κ3) is 8.30. The van der Waals surface area contributed by atoms with Crippen molar-refractivity contribution in [1.29, 1.82) is 0 Å². The number of hydrogen-bond donors (Lipinski definition) is 1. The summed E-state index contributed by atoms with van der Waals surface area (Å²) in [6, 6.07) is 31.3. The minimum atomic E-state index is -0.738. The molecule has 7 nitrogen and oxygen atoms in total. The molecule has 4 aromatic rings. The molecule has 0 heterocycles. The molecule has 0 radical (unpaired) electrons. The molecule has 0 saturated heterocycles. The summed E-state index contributed by atoms with van der Waals surface area (Å²) in [5.41, 5.74) is 5.82. The monoisotopic (exact) mass is 536 g/mol. The van der Waals surface area contributed by atoms with Crippen LogP contribution in [0.5, 0.6) is 17.2 Å². The van der Waals surface area contributed by atoms with E-state index in [2.05, 4.69) is 17.5 Å². The number of amides is 1. The molecule has 0 aliphatic carbocycles. The summed E-state index contributed by atoms with van der Waals surface area (Å²) >= 11 is 0. The van der Waals surface area contributed by atoms with Crippen LogP contribution in [-0.4, -0.2) is 30.8 Å². The lowest BCUT2D eigenvalue weighted by Crippen LogP contribution is -2.33. The summed E-state index contributed by atoms with van der Waals surface area (Å²) in [4.78, 5) is 24.9. The zero-order chi connectivity index (χ0) is 28.2. The largest absolute Gasteiger partial charge is 0.494 e. The summed E-state index contributed by atoms with van der Waals surface area (Å²) in [5, 5.41) is 4.01.